The van der Waals surface area contributed by atoms with Crippen molar-refractivity contribution in [2.45, 2.75) is 19.4 Å². The molecule has 0 saturated carbocycles. The third-order valence-corrected chi connectivity index (χ3v) is 5.41. The highest BCUT2D eigenvalue weighted by atomic mass is 16.5. The summed E-state index contributed by atoms with van der Waals surface area (Å²) < 4.78 is 10.7. The molecule has 1 atom stereocenters. The van der Waals surface area contributed by atoms with Gasteiger partial charge in [-0.05, 0) is 37.1 Å². The van der Waals surface area contributed by atoms with Gasteiger partial charge in [0.1, 0.15) is 17.0 Å². The lowest BCUT2D eigenvalue weighted by atomic mass is 9.96. The highest BCUT2D eigenvalue weighted by molar-refractivity contribution is 5.80. The predicted molar refractivity (Wildman–Crippen MR) is 114 cm³/mol. The third-order valence-electron chi connectivity index (χ3n) is 5.41. The van der Waals surface area contributed by atoms with Gasteiger partial charge in [-0.3, -0.25) is 9.78 Å². The number of rotatable bonds is 6. The summed E-state index contributed by atoms with van der Waals surface area (Å²) in [6, 6.07) is 7.55. The van der Waals surface area contributed by atoms with E-state index >= 15 is 0 Å². The number of nitrogens with zero attached hydrogens (tertiary/aromatic N) is 4. The lowest BCUT2D eigenvalue weighted by Gasteiger charge is -2.33. The molecule has 3 heterocycles. The first-order chi connectivity index (χ1) is 14.7. The molecule has 0 radical (unpaired) electrons. The van der Waals surface area contributed by atoms with Crippen LogP contribution in [0, 0.1) is 5.92 Å². The maximum Gasteiger partial charge on any atom is 0.225 e. The molecule has 1 saturated heterocycles. The van der Waals surface area contributed by atoms with Crippen LogP contribution in [0.25, 0.3) is 11.2 Å². The largest absolute Gasteiger partial charge is 0.497 e. The van der Waals surface area contributed by atoms with E-state index in [4.69, 9.17) is 9.47 Å². The molecule has 1 amide bonds. The Kier molecular flexibility index (Phi) is 5.92. The summed E-state index contributed by atoms with van der Waals surface area (Å²) >= 11 is 0. The Labute approximate surface area is 175 Å². The minimum absolute atomic E-state index is 0.0399. The Bertz CT molecular complexity index is 1040. The van der Waals surface area contributed by atoms with Crippen molar-refractivity contribution >= 4 is 22.8 Å². The van der Waals surface area contributed by atoms with E-state index in [0.29, 0.717) is 18.7 Å². The monoisotopic (exact) mass is 407 g/mol. The summed E-state index contributed by atoms with van der Waals surface area (Å²) in [5.74, 6) is 1.41. The molecule has 1 aliphatic rings. The van der Waals surface area contributed by atoms with Crippen molar-refractivity contribution in [2.24, 2.45) is 5.92 Å². The lowest BCUT2D eigenvalue weighted by molar-refractivity contribution is -0.125. The standard InChI is InChI=1S/C22H25N5O3/c1-29-18-5-6-20(30-2)16(10-18)12-26-22(28)15-4-3-9-27(14-15)17-11-19-21(25-13-17)24-8-7-23-19/h5-8,10-11,13,15H,3-4,9,12,14H2,1-2H3,(H,26,28)/t15-/m0/s1. The number of piperidine rings is 1. The second-order valence-corrected chi connectivity index (χ2v) is 7.27. The summed E-state index contributed by atoms with van der Waals surface area (Å²) in [7, 11) is 3.24. The van der Waals surface area contributed by atoms with Crippen LogP contribution >= 0.6 is 0 Å². The zero-order valence-corrected chi connectivity index (χ0v) is 17.2. The number of amides is 1. The first-order valence-electron chi connectivity index (χ1n) is 9.98. The fourth-order valence-corrected chi connectivity index (χ4v) is 3.79. The predicted octanol–water partition coefficient (Wildman–Crippen LogP) is 2.57. The molecule has 0 aliphatic carbocycles. The fourth-order valence-electron chi connectivity index (χ4n) is 3.79. The maximum absolute atomic E-state index is 12.9. The number of fused-ring (bicyclic) bond motifs is 1. The number of benzene rings is 1. The van der Waals surface area contributed by atoms with Crippen LogP contribution in [-0.2, 0) is 11.3 Å². The molecule has 4 rings (SSSR count). The first-order valence-corrected chi connectivity index (χ1v) is 9.98. The summed E-state index contributed by atoms with van der Waals surface area (Å²) in [6.45, 7) is 1.93. The molecule has 156 valence electrons. The van der Waals surface area contributed by atoms with Crippen LogP contribution in [0.5, 0.6) is 11.5 Å². The smallest absolute Gasteiger partial charge is 0.225 e. The van der Waals surface area contributed by atoms with Crippen molar-refractivity contribution in [3.05, 3.63) is 48.4 Å². The topological polar surface area (TPSA) is 89.5 Å². The van der Waals surface area contributed by atoms with E-state index in [1.807, 2.05) is 24.3 Å². The van der Waals surface area contributed by atoms with Gasteiger partial charge in [0.05, 0.1) is 32.0 Å². The number of hydrogen-bond donors (Lipinski definition) is 1. The van der Waals surface area contributed by atoms with Crippen molar-refractivity contribution in [3.63, 3.8) is 0 Å². The molecule has 0 spiro atoms. The third kappa shape index (κ3) is 4.27. The van der Waals surface area contributed by atoms with Crippen LogP contribution in [-0.4, -0.2) is 48.2 Å². The van der Waals surface area contributed by atoms with E-state index in [1.165, 1.54) is 0 Å². The first kappa shape index (κ1) is 19.9. The molecule has 8 nitrogen and oxygen atoms in total. The molecular formula is C22H25N5O3. The molecule has 0 unspecified atom stereocenters. The van der Waals surface area contributed by atoms with Gasteiger partial charge < -0.3 is 19.7 Å². The number of carbonyl (C=O) groups excluding carboxylic acids is 1. The van der Waals surface area contributed by atoms with Crippen molar-refractivity contribution in [1.82, 2.24) is 20.3 Å². The number of nitrogens with one attached hydrogen (secondary N) is 1. The summed E-state index contributed by atoms with van der Waals surface area (Å²) in [6.07, 6.45) is 6.90. The van der Waals surface area contributed by atoms with Crippen molar-refractivity contribution in [2.75, 3.05) is 32.2 Å². The van der Waals surface area contributed by atoms with E-state index in [2.05, 4.69) is 25.2 Å². The fraction of sp³-hybridized carbons (Fsp3) is 0.364. The van der Waals surface area contributed by atoms with Crippen molar-refractivity contribution in [1.29, 1.82) is 0 Å². The van der Waals surface area contributed by atoms with E-state index in [-0.39, 0.29) is 11.8 Å². The van der Waals surface area contributed by atoms with E-state index in [1.54, 1.807) is 32.8 Å². The molecule has 3 aromatic rings. The van der Waals surface area contributed by atoms with Gasteiger partial charge in [-0.15, -0.1) is 0 Å². The molecule has 8 heteroatoms. The molecule has 1 aromatic carbocycles. The van der Waals surface area contributed by atoms with Crippen LogP contribution in [0.4, 0.5) is 5.69 Å². The Morgan fingerprint density at radius 3 is 2.87 bits per heavy atom. The van der Waals surface area contributed by atoms with Crippen molar-refractivity contribution in [3.8, 4) is 11.5 Å². The Morgan fingerprint density at radius 1 is 1.17 bits per heavy atom. The van der Waals surface area contributed by atoms with Crippen LogP contribution in [0.2, 0.25) is 0 Å². The van der Waals surface area contributed by atoms with Gasteiger partial charge in [0.15, 0.2) is 5.65 Å². The Morgan fingerprint density at radius 2 is 2.03 bits per heavy atom. The van der Waals surface area contributed by atoms with E-state index in [0.717, 1.165) is 47.7 Å². The zero-order chi connectivity index (χ0) is 20.9. The van der Waals surface area contributed by atoms with E-state index < -0.39 is 0 Å². The summed E-state index contributed by atoms with van der Waals surface area (Å²) in [5.41, 5.74) is 3.23. The summed E-state index contributed by atoms with van der Waals surface area (Å²) in [4.78, 5) is 28.0. The van der Waals surface area contributed by atoms with Gasteiger partial charge >= 0.3 is 0 Å². The van der Waals surface area contributed by atoms with Gasteiger partial charge in [0, 0.05) is 37.6 Å². The molecule has 30 heavy (non-hydrogen) atoms. The minimum atomic E-state index is -0.0899. The van der Waals surface area contributed by atoms with Crippen LogP contribution in [0.3, 0.4) is 0 Å². The molecule has 1 aliphatic heterocycles. The second-order valence-electron chi connectivity index (χ2n) is 7.27. The molecule has 2 aromatic heterocycles. The van der Waals surface area contributed by atoms with Crippen LogP contribution in [0.15, 0.2) is 42.9 Å². The van der Waals surface area contributed by atoms with Gasteiger partial charge in [-0.1, -0.05) is 0 Å². The van der Waals surface area contributed by atoms with Crippen LogP contribution < -0.4 is 19.7 Å². The molecule has 0 bridgehead atoms. The van der Waals surface area contributed by atoms with Gasteiger partial charge in [0.25, 0.3) is 0 Å². The quantitative estimate of drug-likeness (QED) is 0.672. The number of carbonyl (C=O) groups is 1. The zero-order valence-electron chi connectivity index (χ0n) is 17.2. The number of methoxy groups -OCH3 is 2. The summed E-state index contributed by atoms with van der Waals surface area (Å²) in [5, 5.41) is 3.06. The average Bonchev–Trinajstić information content (AvgIpc) is 2.82. The number of pyridine rings is 1. The molecule has 1 fully saturated rings. The highest BCUT2D eigenvalue weighted by Crippen LogP contribution is 2.26. The molecular weight excluding hydrogens is 382 g/mol. The number of anilines is 1. The maximum atomic E-state index is 12.9. The van der Waals surface area contributed by atoms with Crippen LogP contribution in [0.1, 0.15) is 18.4 Å². The lowest BCUT2D eigenvalue weighted by Crippen LogP contribution is -2.43. The Hall–Kier alpha value is -3.42. The second kappa shape index (κ2) is 8.94. The minimum Gasteiger partial charge on any atom is -0.497 e. The van der Waals surface area contributed by atoms with Gasteiger partial charge in [0.2, 0.25) is 5.91 Å². The normalized spacial score (nSPS) is 16.3. The van der Waals surface area contributed by atoms with E-state index in [9.17, 15) is 4.79 Å². The Balaban J connectivity index is 1.42. The SMILES string of the molecule is COc1ccc(OC)c(CNC(=O)[C@H]2CCCN(c3cnc4nccnc4c3)C2)c1. The van der Waals surface area contributed by atoms with Gasteiger partial charge in [-0.2, -0.15) is 0 Å². The van der Waals surface area contributed by atoms with Crippen molar-refractivity contribution < 1.29 is 14.3 Å². The number of aromatic nitrogens is 3. The van der Waals surface area contributed by atoms with Gasteiger partial charge in [-0.25, -0.2) is 9.97 Å². The molecule has 1 N–H and O–H groups in total. The number of hydrogen-bond acceptors (Lipinski definition) is 7. The average molecular weight is 407 g/mol. The number of ether oxygens (including phenoxy) is 2. The highest BCUT2D eigenvalue weighted by Gasteiger charge is 2.26.